The van der Waals surface area contributed by atoms with Crippen LogP contribution in [0.15, 0.2) is 53.0 Å². The topological polar surface area (TPSA) is 84.9 Å². The zero-order valence-corrected chi connectivity index (χ0v) is 20.9. The quantitative estimate of drug-likeness (QED) is 0.526. The standard InChI is InChI=1S/C26H25BrN2O5/c1-25(2,3)34-24(32)29-20-8-6-5-7-17(20)26(23(29)31)18(22(30)33-4)11-10-15-16-13-14(27)9-12-19(16)28-21(15)26/h5-10,12-13,18,21,28H,11H2,1-4H3/t18-,21-,26-/m0/s1. The van der Waals surface area contributed by atoms with Crippen LogP contribution >= 0.6 is 15.9 Å². The van der Waals surface area contributed by atoms with Crippen LogP contribution in [0.25, 0.3) is 5.57 Å². The molecule has 2 heterocycles. The van der Waals surface area contributed by atoms with Crippen molar-refractivity contribution in [2.45, 2.75) is 44.2 Å². The van der Waals surface area contributed by atoms with Crippen LogP contribution in [0.3, 0.4) is 0 Å². The first kappa shape index (κ1) is 22.7. The number of hydrogen-bond acceptors (Lipinski definition) is 6. The monoisotopic (exact) mass is 524 g/mol. The van der Waals surface area contributed by atoms with Gasteiger partial charge in [-0.1, -0.05) is 40.2 Å². The van der Waals surface area contributed by atoms with Gasteiger partial charge in [0, 0.05) is 15.7 Å². The van der Waals surface area contributed by atoms with Gasteiger partial charge in [0.25, 0.3) is 5.91 Å². The molecule has 1 aliphatic carbocycles. The number of carbonyl (C=O) groups excluding carboxylic acids is 3. The lowest BCUT2D eigenvalue weighted by Crippen LogP contribution is -2.59. The van der Waals surface area contributed by atoms with Crippen molar-refractivity contribution in [2.24, 2.45) is 5.92 Å². The third kappa shape index (κ3) is 3.11. The second kappa shape index (κ2) is 7.70. The third-order valence-corrected chi connectivity index (χ3v) is 7.18. The van der Waals surface area contributed by atoms with Gasteiger partial charge in [0.05, 0.1) is 24.8 Å². The van der Waals surface area contributed by atoms with E-state index in [4.69, 9.17) is 9.47 Å². The zero-order valence-electron chi connectivity index (χ0n) is 19.3. The highest BCUT2D eigenvalue weighted by Gasteiger charge is 2.66. The molecule has 0 fully saturated rings. The first-order valence-electron chi connectivity index (χ1n) is 11.1. The number of nitrogens with zero attached hydrogens (tertiary/aromatic N) is 1. The normalized spacial score (nSPS) is 24.7. The van der Waals surface area contributed by atoms with Gasteiger partial charge in [0.15, 0.2) is 0 Å². The number of rotatable bonds is 1. The molecule has 176 valence electrons. The number of nitrogens with one attached hydrogen (secondary N) is 1. The smallest absolute Gasteiger partial charge is 0.421 e. The highest BCUT2D eigenvalue weighted by Crippen LogP contribution is 2.58. The van der Waals surface area contributed by atoms with E-state index in [2.05, 4.69) is 21.2 Å². The predicted octanol–water partition coefficient (Wildman–Crippen LogP) is 5.04. The molecule has 2 aliphatic heterocycles. The van der Waals surface area contributed by atoms with Crippen LogP contribution in [0.2, 0.25) is 0 Å². The number of ether oxygens (including phenoxy) is 2. The van der Waals surface area contributed by atoms with Crippen LogP contribution in [0.1, 0.15) is 38.3 Å². The first-order valence-corrected chi connectivity index (χ1v) is 11.9. The Bertz CT molecular complexity index is 1260. The average molecular weight is 525 g/mol. The maximum atomic E-state index is 14.4. The van der Waals surface area contributed by atoms with Gasteiger partial charge in [0.2, 0.25) is 0 Å². The Labute approximate surface area is 206 Å². The Morgan fingerprint density at radius 1 is 1.18 bits per heavy atom. The molecule has 3 aliphatic rings. The first-order chi connectivity index (χ1) is 16.1. The van der Waals surface area contributed by atoms with Gasteiger partial charge >= 0.3 is 12.1 Å². The summed E-state index contributed by atoms with van der Waals surface area (Å²) in [7, 11) is 1.32. The van der Waals surface area contributed by atoms with Gasteiger partial charge in [0.1, 0.15) is 11.0 Å². The second-order valence-electron chi connectivity index (χ2n) is 9.75. The predicted molar refractivity (Wildman–Crippen MR) is 131 cm³/mol. The number of anilines is 2. The Morgan fingerprint density at radius 2 is 1.91 bits per heavy atom. The number of hydrogen-bond donors (Lipinski definition) is 1. The number of esters is 1. The van der Waals surface area contributed by atoms with Crippen LogP contribution < -0.4 is 10.2 Å². The Hall–Kier alpha value is -3.13. The van der Waals surface area contributed by atoms with Crippen molar-refractivity contribution in [3.8, 4) is 0 Å². The zero-order chi connectivity index (χ0) is 24.4. The molecule has 1 N–H and O–H groups in total. The summed E-state index contributed by atoms with van der Waals surface area (Å²) >= 11 is 3.53. The van der Waals surface area contributed by atoms with Crippen molar-refractivity contribution in [3.63, 3.8) is 0 Å². The van der Waals surface area contributed by atoms with E-state index in [1.165, 1.54) is 7.11 Å². The number of imide groups is 1. The van der Waals surface area contributed by atoms with Crippen molar-refractivity contribution in [1.29, 1.82) is 0 Å². The van der Waals surface area contributed by atoms with Crippen LogP contribution in [-0.4, -0.2) is 36.7 Å². The molecule has 7 nitrogen and oxygen atoms in total. The molecule has 2 amide bonds. The number of carbonyl (C=O) groups is 3. The summed E-state index contributed by atoms with van der Waals surface area (Å²) in [4.78, 5) is 41.9. The Balaban J connectivity index is 1.73. The second-order valence-corrected chi connectivity index (χ2v) is 10.7. The third-order valence-electron chi connectivity index (χ3n) is 6.69. The number of benzene rings is 2. The van der Waals surface area contributed by atoms with E-state index in [0.29, 0.717) is 17.7 Å². The van der Waals surface area contributed by atoms with Crippen molar-refractivity contribution in [1.82, 2.24) is 0 Å². The molecule has 3 atom stereocenters. The molecule has 8 heteroatoms. The van der Waals surface area contributed by atoms with E-state index < -0.39 is 40.9 Å². The Morgan fingerprint density at radius 3 is 2.62 bits per heavy atom. The van der Waals surface area contributed by atoms with Gasteiger partial charge in [-0.05, 0) is 62.6 Å². The number of allylic oxidation sites excluding steroid dienone is 1. The lowest BCUT2D eigenvalue weighted by Gasteiger charge is -2.42. The fraction of sp³-hybridized carbons (Fsp3) is 0.346. The molecular formula is C26H25BrN2O5. The van der Waals surface area contributed by atoms with Gasteiger partial charge in [-0.3, -0.25) is 9.59 Å². The number of amides is 2. The van der Waals surface area contributed by atoms with Crippen LogP contribution in [0.4, 0.5) is 16.2 Å². The molecule has 2 aromatic carbocycles. The molecule has 0 aromatic heterocycles. The van der Waals surface area contributed by atoms with Crippen molar-refractivity contribution in [2.75, 3.05) is 17.3 Å². The summed E-state index contributed by atoms with van der Waals surface area (Å²) in [5.74, 6) is -1.81. The van der Waals surface area contributed by atoms with Crippen LogP contribution in [0.5, 0.6) is 0 Å². The van der Waals surface area contributed by atoms with E-state index in [1.54, 1.807) is 32.9 Å². The number of fused-ring (bicyclic) bond motifs is 6. The minimum atomic E-state index is -1.38. The summed E-state index contributed by atoms with van der Waals surface area (Å²) < 4.78 is 11.7. The highest BCUT2D eigenvalue weighted by atomic mass is 79.9. The SMILES string of the molecule is COC(=O)[C@@H]1CC=C2c3cc(Br)ccc3N[C@@H]2[C@@]12C(=O)N(C(=O)OC(C)(C)C)c1ccccc12. The molecule has 0 unspecified atom stereocenters. The van der Waals surface area contributed by atoms with Gasteiger partial charge < -0.3 is 14.8 Å². The minimum Gasteiger partial charge on any atom is -0.469 e. The fourth-order valence-corrected chi connectivity index (χ4v) is 5.81. The van der Waals surface area contributed by atoms with E-state index in [1.807, 2.05) is 36.4 Å². The van der Waals surface area contributed by atoms with E-state index in [9.17, 15) is 14.4 Å². The maximum Gasteiger partial charge on any atom is 0.421 e. The fourth-order valence-electron chi connectivity index (χ4n) is 5.45. The molecule has 34 heavy (non-hydrogen) atoms. The molecule has 2 aromatic rings. The summed E-state index contributed by atoms with van der Waals surface area (Å²) in [6.45, 7) is 5.25. The maximum absolute atomic E-state index is 14.4. The van der Waals surface area contributed by atoms with Crippen LogP contribution in [-0.2, 0) is 24.5 Å². The molecule has 0 bridgehead atoms. The lowest BCUT2D eigenvalue weighted by atomic mass is 9.60. The minimum absolute atomic E-state index is 0.300. The summed E-state index contributed by atoms with van der Waals surface area (Å²) in [6.07, 6.45) is 1.53. The van der Waals surface area contributed by atoms with E-state index in [-0.39, 0.29) is 0 Å². The number of para-hydroxylation sites is 1. The lowest BCUT2D eigenvalue weighted by molar-refractivity contribution is -0.151. The van der Waals surface area contributed by atoms with Gasteiger partial charge in [-0.15, -0.1) is 0 Å². The van der Waals surface area contributed by atoms with Gasteiger partial charge in [-0.2, -0.15) is 0 Å². The molecule has 0 saturated carbocycles. The molecule has 0 saturated heterocycles. The van der Waals surface area contributed by atoms with E-state index in [0.717, 1.165) is 26.2 Å². The summed E-state index contributed by atoms with van der Waals surface area (Å²) in [5.41, 5.74) is 1.61. The molecule has 0 radical (unpaired) electrons. The van der Waals surface area contributed by atoms with Crippen molar-refractivity contribution >= 4 is 50.8 Å². The van der Waals surface area contributed by atoms with Crippen molar-refractivity contribution < 1.29 is 23.9 Å². The number of methoxy groups -OCH3 is 1. The summed E-state index contributed by atoms with van der Waals surface area (Å²) in [5, 5.41) is 3.49. The van der Waals surface area contributed by atoms with Gasteiger partial charge in [-0.25, -0.2) is 9.69 Å². The van der Waals surface area contributed by atoms with Crippen molar-refractivity contribution in [3.05, 3.63) is 64.1 Å². The largest absolute Gasteiger partial charge is 0.469 e. The van der Waals surface area contributed by atoms with E-state index >= 15 is 0 Å². The molecule has 1 spiro atoms. The average Bonchev–Trinajstić information content (AvgIpc) is 3.26. The Kier molecular flexibility index (Phi) is 5.13. The summed E-state index contributed by atoms with van der Waals surface area (Å²) in [6, 6.07) is 12.4. The highest BCUT2D eigenvalue weighted by molar-refractivity contribution is 9.10. The van der Waals surface area contributed by atoms with Crippen LogP contribution in [0, 0.1) is 5.92 Å². The molecular weight excluding hydrogens is 500 g/mol. The molecule has 5 rings (SSSR count). The number of halogens is 1.